The van der Waals surface area contributed by atoms with Crippen molar-refractivity contribution in [1.29, 1.82) is 0 Å². The molecule has 0 radical (unpaired) electrons. The van der Waals surface area contributed by atoms with Crippen LogP contribution in [0.15, 0.2) is 30.3 Å². The summed E-state index contributed by atoms with van der Waals surface area (Å²) in [4.78, 5) is 26.4. The van der Waals surface area contributed by atoms with Crippen LogP contribution in [0.4, 0.5) is 4.79 Å². The number of amides is 2. The van der Waals surface area contributed by atoms with E-state index in [1.807, 2.05) is 37.3 Å². The van der Waals surface area contributed by atoms with Gasteiger partial charge >= 0.3 is 6.09 Å². The molecule has 1 heterocycles. The monoisotopic (exact) mass is 401 g/mol. The van der Waals surface area contributed by atoms with Gasteiger partial charge in [0.05, 0.1) is 6.04 Å². The Kier molecular flexibility index (Phi) is 10.8. The second-order valence-electron chi connectivity index (χ2n) is 8.50. The normalized spacial score (nSPS) is 17.4. The van der Waals surface area contributed by atoms with Crippen LogP contribution >= 0.6 is 0 Å². The van der Waals surface area contributed by atoms with Gasteiger partial charge in [-0.2, -0.15) is 0 Å². The Morgan fingerprint density at radius 1 is 1.00 bits per heavy atom. The molecule has 4 nitrogen and oxygen atoms in total. The molecule has 0 saturated carbocycles. The molecule has 0 unspecified atom stereocenters. The third-order valence-corrected chi connectivity index (χ3v) is 5.92. The number of hydrogen-bond acceptors (Lipinski definition) is 3. The molecular weight excluding hydrogens is 362 g/mol. The van der Waals surface area contributed by atoms with Gasteiger partial charge in [0, 0.05) is 5.92 Å². The van der Waals surface area contributed by atoms with Crippen LogP contribution in [0.5, 0.6) is 0 Å². The molecule has 0 aliphatic carbocycles. The van der Waals surface area contributed by atoms with Gasteiger partial charge in [0.15, 0.2) is 0 Å². The highest BCUT2D eigenvalue weighted by molar-refractivity contribution is 5.94. The van der Waals surface area contributed by atoms with Crippen molar-refractivity contribution >= 4 is 12.0 Å². The average molecular weight is 402 g/mol. The van der Waals surface area contributed by atoms with Crippen molar-refractivity contribution in [2.24, 2.45) is 5.92 Å². The Bertz CT molecular complexity index is 601. The molecule has 162 valence electrons. The molecular formula is C25H39NO3. The van der Waals surface area contributed by atoms with Crippen LogP contribution < -0.4 is 0 Å². The molecule has 1 saturated heterocycles. The van der Waals surface area contributed by atoms with Crippen LogP contribution in [0.3, 0.4) is 0 Å². The van der Waals surface area contributed by atoms with E-state index >= 15 is 0 Å². The summed E-state index contributed by atoms with van der Waals surface area (Å²) >= 11 is 0. The molecule has 1 aromatic rings. The fourth-order valence-electron chi connectivity index (χ4n) is 4.07. The average Bonchev–Trinajstić information content (AvgIpc) is 3.09. The van der Waals surface area contributed by atoms with E-state index in [-0.39, 0.29) is 17.9 Å². The summed E-state index contributed by atoms with van der Waals surface area (Å²) in [6, 6.07) is 9.79. The molecule has 1 aliphatic rings. The van der Waals surface area contributed by atoms with Crippen LogP contribution in [0, 0.1) is 5.92 Å². The summed E-state index contributed by atoms with van der Waals surface area (Å²) in [6.07, 6.45) is 13.9. The lowest BCUT2D eigenvalue weighted by Crippen LogP contribution is -2.43. The van der Waals surface area contributed by atoms with Crippen LogP contribution in [-0.2, 0) is 16.0 Å². The van der Waals surface area contributed by atoms with E-state index in [1.165, 1.54) is 62.7 Å². The lowest BCUT2D eigenvalue weighted by atomic mass is 9.99. The summed E-state index contributed by atoms with van der Waals surface area (Å²) in [6.45, 7) is 4.49. The lowest BCUT2D eigenvalue weighted by Gasteiger charge is -2.23. The van der Waals surface area contributed by atoms with Gasteiger partial charge in [-0.05, 0) is 18.4 Å². The highest BCUT2D eigenvalue weighted by Gasteiger charge is 2.39. The van der Waals surface area contributed by atoms with Gasteiger partial charge in [-0.3, -0.25) is 4.79 Å². The van der Waals surface area contributed by atoms with Crippen molar-refractivity contribution in [1.82, 2.24) is 4.90 Å². The molecule has 1 aromatic carbocycles. The molecule has 1 aliphatic heterocycles. The number of imide groups is 1. The van der Waals surface area contributed by atoms with E-state index in [0.29, 0.717) is 13.0 Å². The summed E-state index contributed by atoms with van der Waals surface area (Å²) in [5.74, 6) is -0.211. The quantitative estimate of drug-likeness (QED) is 0.333. The topological polar surface area (TPSA) is 46.6 Å². The Hall–Kier alpha value is -1.84. The van der Waals surface area contributed by atoms with Crippen LogP contribution in [0.2, 0.25) is 0 Å². The minimum absolute atomic E-state index is 0.0793. The second-order valence-corrected chi connectivity index (χ2v) is 8.50. The van der Waals surface area contributed by atoms with Crippen molar-refractivity contribution in [2.75, 3.05) is 6.61 Å². The zero-order chi connectivity index (χ0) is 20.9. The van der Waals surface area contributed by atoms with Crippen molar-refractivity contribution in [2.45, 2.75) is 96.9 Å². The first kappa shape index (κ1) is 23.4. The van der Waals surface area contributed by atoms with E-state index in [0.717, 1.165) is 18.4 Å². The highest BCUT2D eigenvalue weighted by Crippen LogP contribution is 2.22. The zero-order valence-electron chi connectivity index (χ0n) is 18.4. The Morgan fingerprint density at radius 3 is 2.21 bits per heavy atom. The third kappa shape index (κ3) is 8.20. The van der Waals surface area contributed by atoms with Gasteiger partial charge in [-0.15, -0.1) is 0 Å². The van der Waals surface area contributed by atoms with Crippen molar-refractivity contribution in [3.8, 4) is 0 Å². The molecule has 2 amide bonds. The number of benzene rings is 1. The predicted octanol–water partition coefficient (Wildman–Crippen LogP) is 6.52. The van der Waals surface area contributed by atoms with E-state index in [1.54, 1.807) is 0 Å². The van der Waals surface area contributed by atoms with Gasteiger partial charge < -0.3 is 4.74 Å². The fraction of sp³-hybridized carbons (Fsp3) is 0.680. The SMILES string of the molecule is CCCCCCCCCCCC[C@@H](C)C(=O)N1C(=O)OC[C@H]1Cc1ccccc1. The number of carbonyl (C=O) groups is 2. The van der Waals surface area contributed by atoms with Crippen molar-refractivity contribution in [3.63, 3.8) is 0 Å². The number of hydrogen-bond donors (Lipinski definition) is 0. The zero-order valence-corrected chi connectivity index (χ0v) is 18.4. The minimum Gasteiger partial charge on any atom is -0.447 e. The molecule has 4 heteroatoms. The number of nitrogens with zero attached hydrogens (tertiary/aromatic N) is 1. The van der Waals surface area contributed by atoms with Crippen LogP contribution in [-0.4, -0.2) is 29.5 Å². The number of ether oxygens (including phenoxy) is 1. The Balaban J connectivity index is 1.65. The lowest BCUT2D eigenvalue weighted by molar-refractivity contribution is -0.133. The largest absolute Gasteiger partial charge is 0.447 e. The van der Waals surface area contributed by atoms with Gasteiger partial charge in [0.25, 0.3) is 0 Å². The maximum Gasteiger partial charge on any atom is 0.416 e. The molecule has 1 fully saturated rings. The maximum atomic E-state index is 12.9. The summed E-state index contributed by atoms with van der Waals surface area (Å²) < 4.78 is 5.19. The minimum atomic E-state index is -0.481. The van der Waals surface area contributed by atoms with Gasteiger partial charge in [0.1, 0.15) is 6.61 Å². The number of rotatable bonds is 14. The third-order valence-electron chi connectivity index (χ3n) is 5.92. The summed E-state index contributed by atoms with van der Waals surface area (Å²) in [5, 5.41) is 0. The molecule has 2 atom stereocenters. The molecule has 0 spiro atoms. The van der Waals surface area contributed by atoms with E-state index in [2.05, 4.69) is 6.92 Å². The second kappa shape index (κ2) is 13.4. The number of unbranched alkanes of at least 4 members (excludes halogenated alkanes) is 9. The molecule has 29 heavy (non-hydrogen) atoms. The summed E-state index contributed by atoms with van der Waals surface area (Å²) in [7, 11) is 0. The molecule has 0 N–H and O–H groups in total. The molecule has 0 aromatic heterocycles. The van der Waals surface area contributed by atoms with Crippen LogP contribution in [0.25, 0.3) is 0 Å². The Labute approximate surface area is 177 Å². The van der Waals surface area contributed by atoms with Gasteiger partial charge in [-0.25, -0.2) is 9.69 Å². The number of cyclic esters (lactones) is 1. The van der Waals surface area contributed by atoms with Crippen LogP contribution in [0.1, 0.15) is 90.0 Å². The first-order chi connectivity index (χ1) is 14.1. The van der Waals surface area contributed by atoms with E-state index < -0.39 is 6.09 Å². The first-order valence-corrected chi connectivity index (χ1v) is 11.7. The fourth-order valence-corrected chi connectivity index (χ4v) is 4.07. The van der Waals surface area contributed by atoms with E-state index in [4.69, 9.17) is 4.74 Å². The Morgan fingerprint density at radius 2 is 1.59 bits per heavy atom. The maximum absolute atomic E-state index is 12.9. The van der Waals surface area contributed by atoms with E-state index in [9.17, 15) is 9.59 Å². The first-order valence-electron chi connectivity index (χ1n) is 11.7. The number of carbonyl (C=O) groups excluding carboxylic acids is 2. The predicted molar refractivity (Wildman–Crippen MR) is 118 cm³/mol. The standard InChI is InChI=1S/C25H39NO3/c1-3-4-5-6-7-8-9-10-11-13-16-21(2)24(27)26-23(20-29-25(26)28)19-22-17-14-12-15-18-22/h12,14-15,17-18,21,23H,3-11,13,16,19-20H2,1-2H3/t21-,23-/m1/s1. The van der Waals surface area contributed by atoms with Gasteiger partial charge in [0.2, 0.25) is 5.91 Å². The van der Waals surface area contributed by atoms with Gasteiger partial charge in [-0.1, -0.05) is 108 Å². The highest BCUT2D eigenvalue weighted by atomic mass is 16.6. The van der Waals surface area contributed by atoms with Crippen molar-refractivity contribution < 1.29 is 14.3 Å². The smallest absolute Gasteiger partial charge is 0.416 e. The molecule has 2 rings (SSSR count). The molecule has 0 bridgehead atoms. The summed E-state index contributed by atoms with van der Waals surface area (Å²) in [5.41, 5.74) is 1.12. The van der Waals surface area contributed by atoms with Crippen molar-refractivity contribution in [3.05, 3.63) is 35.9 Å².